The molecule has 0 bridgehead atoms. The molecule has 0 spiro atoms. The quantitative estimate of drug-likeness (QED) is 0.392. The van der Waals surface area contributed by atoms with Crippen LogP contribution in [0, 0.1) is 0 Å². The van der Waals surface area contributed by atoms with Crippen molar-refractivity contribution in [3.63, 3.8) is 0 Å². The van der Waals surface area contributed by atoms with Crippen LogP contribution in [-0.4, -0.2) is 55.3 Å². The lowest BCUT2D eigenvalue weighted by molar-refractivity contribution is 0.581. The molecule has 1 unspecified atom stereocenters. The number of aromatic nitrogens is 2. The Balaban J connectivity index is 2.39. The van der Waals surface area contributed by atoms with E-state index < -0.39 is 9.84 Å². The first-order chi connectivity index (χ1) is 10.8. The molecule has 1 atom stereocenters. The highest BCUT2D eigenvalue weighted by Crippen LogP contribution is 2.01. The fourth-order valence-electron chi connectivity index (χ4n) is 2.09. The summed E-state index contributed by atoms with van der Waals surface area (Å²) < 4.78 is 24.2. The van der Waals surface area contributed by atoms with E-state index in [1.165, 1.54) is 11.8 Å². The third-order valence-corrected chi connectivity index (χ3v) is 4.28. The van der Waals surface area contributed by atoms with Crippen LogP contribution >= 0.6 is 0 Å². The Bertz CT molecular complexity index is 595. The molecule has 0 saturated heterocycles. The zero-order valence-electron chi connectivity index (χ0n) is 14.5. The number of aliphatic imine (C=N–C) groups is 1. The summed E-state index contributed by atoms with van der Waals surface area (Å²) in [5, 5.41) is 10.6. The topological polar surface area (TPSA) is 88.4 Å². The van der Waals surface area contributed by atoms with E-state index in [9.17, 15) is 8.42 Å². The van der Waals surface area contributed by atoms with Gasteiger partial charge >= 0.3 is 0 Å². The molecule has 7 nitrogen and oxygen atoms in total. The van der Waals surface area contributed by atoms with E-state index >= 15 is 0 Å². The van der Waals surface area contributed by atoms with Gasteiger partial charge in [0.2, 0.25) is 0 Å². The van der Waals surface area contributed by atoms with Crippen molar-refractivity contribution in [3.05, 3.63) is 18.0 Å². The van der Waals surface area contributed by atoms with Gasteiger partial charge in [-0.25, -0.2) is 8.42 Å². The maximum Gasteiger partial charge on any atom is 0.191 e. The molecule has 0 amide bonds. The summed E-state index contributed by atoms with van der Waals surface area (Å²) in [6.07, 6.45) is 7.61. The van der Waals surface area contributed by atoms with Crippen LogP contribution in [0.3, 0.4) is 0 Å². The Hall–Kier alpha value is -1.57. The standard InChI is InChI=1S/C15H29N5O2S/c1-5-16-15(19-13(2)8-10-23(4,21)22)17-9-6-7-14-11-18-20(3)12-14/h11-13H,5-10H2,1-4H3,(H2,16,17,19). The molecule has 0 fully saturated rings. The van der Waals surface area contributed by atoms with Crippen molar-refractivity contribution in [2.24, 2.45) is 12.0 Å². The summed E-state index contributed by atoms with van der Waals surface area (Å²) in [4.78, 5) is 4.54. The van der Waals surface area contributed by atoms with Gasteiger partial charge in [0.1, 0.15) is 9.84 Å². The minimum Gasteiger partial charge on any atom is -0.357 e. The number of aryl methyl sites for hydroxylation is 2. The van der Waals surface area contributed by atoms with Crippen molar-refractivity contribution in [2.75, 3.05) is 25.1 Å². The van der Waals surface area contributed by atoms with Gasteiger partial charge in [-0.2, -0.15) is 5.10 Å². The largest absolute Gasteiger partial charge is 0.357 e. The van der Waals surface area contributed by atoms with E-state index in [4.69, 9.17) is 0 Å². The summed E-state index contributed by atoms with van der Waals surface area (Å²) >= 11 is 0. The molecule has 1 rings (SSSR count). The average Bonchev–Trinajstić information content (AvgIpc) is 2.86. The third kappa shape index (κ3) is 9.22. The molecule has 1 aromatic rings. The van der Waals surface area contributed by atoms with Crippen LogP contribution in [0.15, 0.2) is 17.4 Å². The summed E-state index contributed by atoms with van der Waals surface area (Å²) in [6, 6.07) is 0.0563. The van der Waals surface area contributed by atoms with Gasteiger partial charge in [-0.15, -0.1) is 0 Å². The van der Waals surface area contributed by atoms with Gasteiger partial charge in [0.15, 0.2) is 5.96 Å². The van der Waals surface area contributed by atoms with Crippen LogP contribution in [-0.2, 0) is 23.3 Å². The fraction of sp³-hybridized carbons (Fsp3) is 0.733. The Kier molecular flexibility index (Phi) is 8.08. The molecule has 23 heavy (non-hydrogen) atoms. The molecule has 2 N–H and O–H groups in total. The van der Waals surface area contributed by atoms with Crippen molar-refractivity contribution >= 4 is 15.8 Å². The van der Waals surface area contributed by atoms with Gasteiger partial charge in [-0.3, -0.25) is 9.67 Å². The van der Waals surface area contributed by atoms with Crippen LogP contribution in [0.1, 0.15) is 32.3 Å². The number of guanidine groups is 1. The van der Waals surface area contributed by atoms with Crippen molar-refractivity contribution in [2.45, 2.75) is 39.2 Å². The van der Waals surface area contributed by atoms with E-state index in [0.717, 1.165) is 25.3 Å². The van der Waals surface area contributed by atoms with Crippen molar-refractivity contribution in [1.82, 2.24) is 20.4 Å². The SMILES string of the molecule is CCNC(=NCCCc1cnn(C)c1)NC(C)CCS(C)(=O)=O. The number of hydrogen-bond donors (Lipinski definition) is 2. The fourth-order valence-corrected chi connectivity index (χ4v) is 2.87. The zero-order chi connectivity index (χ0) is 17.3. The summed E-state index contributed by atoms with van der Waals surface area (Å²) in [7, 11) is -1.02. The normalized spacial score (nSPS) is 13.8. The minimum atomic E-state index is -2.93. The number of sulfone groups is 1. The first-order valence-corrected chi connectivity index (χ1v) is 10.1. The van der Waals surface area contributed by atoms with Gasteiger partial charge in [0.05, 0.1) is 11.9 Å². The van der Waals surface area contributed by atoms with Crippen LogP contribution in [0.4, 0.5) is 0 Å². The molecule has 0 aliphatic carbocycles. The summed E-state index contributed by atoms with van der Waals surface area (Å²) in [6.45, 7) is 5.46. The van der Waals surface area contributed by atoms with Crippen molar-refractivity contribution < 1.29 is 8.42 Å². The predicted molar refractivity (Wildman–Crippen MR) is 94.4 cm³/mol. The highest BCUT2D eigenvalue weighted by Gasteiger charge is 2.09. The zero-order valence-corrected chi connectivity index (χ0v) is 15.4. The number of hydrogen-bond acceptors (Lipinski definition) is 4. The minimum absolute atomic E-state index is 0.0563. The molecule has 0 radical (unpaired) electrons. The first-order valence-electron chi connectivity index (χ1n) is 8.00. The molecule has 0 aliphatic heterocycles. The molecular weight excluding hydrogens is 314 g/mol. The van der Waals surface area contributed by atoms with E-state index in [2.05, 4.69) is 20.7 Å². The molecule has 1 aromatic heterocycles. The Morgan fingerprint density at radius 1 is 1.48 bits per heavy atom. The van der Waals surface area contributed by atoms with Gasteiger partial charge in [0, 0.05) is 38.6 Å². The molecular formula is C15H29N5O2S. The van der Waals surface area contributed by atoms with Crippen LogP contribution in [0.25, 0.3) is 0 Å². The van der Waals surface area contributed by atoms with Crippen LogP contribution < -0.4 is 10.6 Å². The molecule has 0 aliphatic rings. The molecule has 8 heteroatoms. The third-order valence-electron chi connectivity index (χ3n) is 3.30. The van der Waals surface area contributed by atoms with Gasteiger partial charge in [-0.1, -0.05) is 0 Å². The van der Waals surface area contributed by atoms with E-state index in [0.29, 0.717) is 13.0 Å². The van der Waals surface area contributed by atoms with Gasteiger partial charge < -0.3 is 10.6 Å². The molecule has 1 heterocycles. The maximum absolute atomic E-state index is 11.2. The van der Waals surface area contributed by atoms with E-state index in [1.807, 2.05) is 33.3 Å². The number of nitrogens with one attached hydrogen (secondary N) is 2. The van der Waals surface area contributed by atoms with Crippen molar-refractivity contribution in [3.8, 4) is 0 Å². The van der Waals surface area contributed by atoms with Gasteiger partial charge in [-0.05, 0) is 38.7 Å². The van der Waals surface area contributed by atoms with Crippen molar-refractivity contribution in [1.29, 1.82) is 0 Å². The molecule has 132 valence electrons. The predicted octanol–water partition coefficient (Wildman–Crippen LogP) is 0.731. The Morgan fingerprint density at radius 3 is 2.78 bits per heavy atom. The monoisotopic (exact) mass is 343 g/mol. The second-order valence-electron chi connectivity index (χ2n) is 5.85. The lowest BCUT2D eigenvalue weighted by Crippen LogP contribution is -2.42. The molecule has 0 saturated carbocycles. The average molecular weight is 343 g/mol. The number of rotatable bonds is 9. The van der Waals surface area contributed by atoms with Crippen LogP contribution in [0.2, 0.25) is 0 Å². The van der Waals surface area contributed by atoms with Crippen LogP contribution in [0.5, 0.6) is 0 Å². The smallest absolute Gasteiger partial charge is 0.191 e. The highest BCUT2D eigenvalue weighted by atomic mass is 32.2. The Labute approximate surface area is 139 Å². The van der Waals surface area contributed by atoms with E-state index in [-0.39, 0.29) is 11.8 Å². The Morgan fingerprint density at radius 2 is 2.22 bits per heavy atom. The lowest BCUT2D eigenvalue weighted by atomic mass is 10.2. The van der Waals surface area contributed by atoms with E-state index in [1.54, 1.807) is 4.68 Å². The molecule has 0 aromatic carbocycles. The summed E-state index contributed by atoms with van der Waals surface area (Å²) in [5.74, 6) is 0.918. The maximum atomic E-state index is 11.2. The highest BCUT2D eigenvalue weighted by molar-refractivity contribution is 7.90. The second-order valence-corrected chi connectivity index (χ2v) is 8.11. The summed E-state index contributed by atoms with van der Waals surface area (Å²) in [5.41, 5.74) is 1.21. The lowest BCUT2D eigenvalue weighted by Gasteiger charge is -2.17. The number of nitrogens with zero attached hydrogens (tertiary/aromatic N) is 3. The first kappa shape index (κ1) is 19.5. The van der Waals surface area contributed by atoms with Gasteiger partial charge in [0.25, 0.3) is 0 Å². The second kappa shape index (κ2) is 9.54.